The number of alkyl halides is 3. The van der Waals surface area contributed by atoms with E-state index in [1.165, 1.54) is 32.1 Å². The molecule has 0 unspecified atom stereocenters. The maximum Gasteiger partial charge on any atom is 0.417 e. The molecule has 0 aromatic carbocycles. The number of allylic oxidation sites excluding steroid dienone is 2. The second kappa shape index (κ2) is 11.1. The molecule has 10 heteroatoms. The number of carbonyl (C=O) groups excluding carboxylic acids is 2. The summed E-state index contributed by atoms with van der Waals surface area (Å²) in [6.45, 7) is 3.79. The van der Waals surface area contributed by atoms with Gasteiger partial charge in [0.1, 0.15) is 5.60 Å². The molecule has 1 spiro atoms. The van der Waals surface area contributed by atoms with Crippen molar-refractivity contribution in [3.8, 4) is 0 Å². The summed E-state index contributed by atoms with van der Waals surface area (Å²) in [7, 11) is 1.00. The molecule has 1 aliphatic carbocycles. The number of hydrogen-bond donors (Lipinski definition) is 1. The highest BCUT2D eigenvalue weighted by molar-refractivity contribution is 6.07. The second-order valence-electron chi connectivity index (χ2n) is 10.4. The molecule has 1 saturated heterocycles. The SMILES string of the molecule is CC1=C(C(=O)N2CCC3=C(CC=C(C(F)(F)F)C=N3)C2)C2(CCN(C3CCCCC3)CC2)OC1=O.CO. The average Bonchev–Trinajstić information content (AvgIpc) is 3.03. The van der Waals surface area contributed by atoms with Crippen molar-refractivity contribution < 1.29 is 32.6 Å². The zero-order chi connectivity index (χ0) is 26.8. The predicted octanol–water partition coefficient (Wildman–Crippen LogP) is 4.09. The lowest BCUT2D eigenvalue weighted by Gasteiger charge is -2.44. The van der Waals surface area contributed by atoms with Gasteiger partial charge in [-0.05, 0) is 31.8 Å². The molecular weight excluding hydrogens is 487 g/mol. The van der Waals surface area contributed by atoms with Crippen molar-refractivity contribution in [2.24, 2.45) is 4.99 Å². The third-order valence-corrected chi connectivity index (χ3v) is 8.29. The molecule has 1 saturated carbocycles. The van der Waals surface area contributed by atoms with Crippen molar-refractivity contribution in [3.05, 3.63) is 34.1 Å². The van der Waals surface area contributed by atoms with Crippen LogP contribution < -0.4 is 0 Å². The maximum absolute atomic E-state index is 13.8. The van der Waals surface area contributed by atoms with Gasteiger partial charge in [-0.1, -0.05) is 25.3 Å². The molecule has 7 nitrogen and oxygen atoms in total. The highest BCUT2D eigenvalue weighted by Crippen LogP contribution is 2.43. The summed E-state index contributed by atoms with van der Waals surface area (Å²) in [5, 5.41) is 7.00. The van der Waals surface area contributed by atoms with E-state index in [2.05, 4.69) is 9.89 Å². The van der Waals surface area contributed by atoms with Crippen LogP contribution in [-0.2, 0) is 14.3 Å². The number of aliphatic imine (C=N–C) groups is 1. The zero-order valence-electron chi connectivity index (χ0n) is 21.6. The van der Waals surface area contributed by atoms with E-state index in [0.717, 1.165) is 32.5 Å². The van der Waals surface area contributed by atoms with Crippen LogP contribution in [-0.4, -0.2) is 84.1 Å². The molecule has 1 amide bonds. The molecule has 0 atom stereocenters. The number of nitrogens with zero attached hydrogens (tertiary/aromatic N) is 3. The summed E-state index contributed by atoms with van der Waals surface area (Å²) >= 11 is 0. The Balaban J connectivity index is 0.00000156. The second-order valence-corrected chi connectivity index (χ2v) is 10.4. The number of ether oxygens (including phenoxy) is 1. The van der Waals surface area contributed by atoms with Crippen LogP contribution in [0.25, 0.3) is 0 Å². The molecule has 5 rings (SSSR count). The van der Waals surface area contributed by atoms with Gasteiger partial charge in [0.15, 0.2) is 0 Å². The van der Waals surface area contributed by atoms with Gasteiger partial charge in [-0.15, -0.1) is 0 Å². The fraction of sp³-hybridized carbons (Fsp3) is 0.667. The Morgan fingerprint density at radius 3 is 2.46 bits per heavy atom. The van der Waals surface area contributed by atoms with Crippen LogP contribution in [0.5, 0.6) is 0 Å². The number of carbonyl (C=O) groups is 2. The van der Waals surface area contributed by atoms with Crippen molar-refractivity contribution in [2.45, 2.75) is 82.5 Å². The number of esters is 1. The minimum atomic E-state index is -4.45. The smallest absolute Gasteiger partial charge is 0.417 e. The number of halogens is 3. The van der Waals surface area contributed by atoms with E-state index in [0.29, 0.717) is 54.3 Å². The van der Waals surface area contributed by atoms with E-state index in [4.69, 9.17) is 9.84 Å². The highest BCUT2D eigenvalue weighted by atomic mass is 19.4. The monoisotopic (exact) mass is 523 g/mol. The molecule has 0 radical (unpaired) electrons. The van der Waals surface area contributed by atoms with Gasteiger partial charge in [-0.25, -0.2) is 4.79 Å². The van der Waals surface area contributed by atoms with Crippen LogP contribution in [0.4, 0.5) is 13.2 Å². The van der Waals surface area contributed by atoms with Gasteiger partial charge < -0.3 is 19.6 Å². The third-order valence-electron chi connectivity index (χ3n) is 8.29. The van der Waals surface area contributed by atoms with E-state index in [9.17, 15) is 22.8 Å². The molecule has 5 aliphatic rings. The molecule has 0 bridgehead atoms. The van der Waals surface area contributed by atoms with Crippen LogP contribution in [0.2, 0.25) is 0 Å². The quantitative estimate of drug-likeness (QED) is 0.552. The Kier molecular flexibility index (Phi) is 8.28. The van der Waals surface area contributed by atoms with Crippen LogP contribution in [0.1, 0.15) is 64.7 Å². The molecule has 4 aliphatic heterocycles. The molecule has 0 aromatic heterocycles. The van der Waals surface area contributed by atoms with E-state index in [1.807, 2.05) is 0 Å². The fourth-order valence-electron chi connectivity index (χ4n) is 6.26. The summed E-state index contributed by atoms with van der Waals surface area (Å²) in [6.07, 6.45) is 5.44. The lowest BCUT2D eigenvalue weighted by molar-refractivity contribution is -0.152. The van der Waals surface area contributed by atoms with Gasteiger partial charge in [-0.3, -0.25) is 9.79 Å². The number of likely N-dealkylation sites (tertiary alicyclic amines) is 1. The lowest BCUT2D eigenvalue weighted by Crippen LogP contribution is -2.52. The fourth-order valence-corrected chi connectivity index (χ4v) is 6.26. The minimum Gasteiger partial charge on any atom is -0.450 e. The number of piperidine rings is 1. The third kappa shape index (κ3) is 5.55. The zero-order valence-corrected chi connectivity index (χ0v) is 21.6. The van der Waals surface area contributed by atoms with Gasteiger partial charge in [0, 0.05) is 76.1 Å². The molecule has 1 N–H and O–H groups in total. The summed E-state index contributed by atoms with van der Waals surface area (Å²) in [6, 6.07) is 0.570. The van der Waals surface area contributed by atoms with Crippen molar-refractivity contribution in [2.75, 3.05) is 33.3 Å². The van der Waals surface area contributed by atoms with Crippen molar-refractivity contribution in [1.29, 1.82) is 0 Å². The molecule has 4 heterocycles. The van der Waals surface area contributed by atoms with Crippen LogP contribution >= 0.6 is 0 Å². The van der Waals surface area contributed by atoms with Crippen molar-refractivity contribution in [1.82, 2.24) is 9.80 Å². The van der Waals surface area contributed by atoms with E-state index in [-0.39, 0.29) is 18.9 Å². The Bertz CT molecular complexity index is 1030. The minimum absolute atomic E-state index is 0.100. The summed E-state index contributed by atoms with van der Waals surface area (Å²) in [5.41, 5.74) is 0.469. The molecular formula is C27H36F3N3O4. The molecule has 2 fully saturated rings. The molecule has 204 valence electrons. The largest absolute Gasteiger partial charge is 0.450 e. The summed E-state index contributed by atoms with van der Waals surface area (Å²) in [4.78, 5) is 34.6. The summed E-state index contributed by atoms with van der Waals surface area (Å²) in [5.74, 6) is -0.674. The molecule has 0 aromatic rings. The number of amides is 1. The van der Waals surface area contributed by atoms with Crippen molar-refractivity contribution >= 4 is 18.1 Å². The van der Waals surface area contributed by atoms with E-state index < -0.39 is 23.3 Å². The highest BCUT2D eigenvalue weighted by Gasteiger charge is 2.52. The number of rotatable bonds is 2. The van der Waals surface area contributed by atoms with Gasteiger partial charge in [-0.2, -0.15) is 13.2 Å². The topological polar surface area (TPSA) is 82.4 Å². The summed E-state index contributed by atoms with van der Waals surface area (Å²) < 4.78 is 45.3. The van der Waals surface area contributed by atoms with Gasteiger partial charge in [0.25, 0.3) is 5.91 Å². The first kappa shape index (κ1) is 27.6. The van der Waals surface area contributed by atoms with E-state index >= 15 is 0 Å². The Labute approximate surface area is 215 Å². The van der Waals surface area contributed by atoms with Crippen LogP contribution in [0.3, 0.4) is 0 Å². The Morgan fingerprint density at radius 1 is 1.14 bits per heavy atom. The first-order valence-electron chi connectivity index (χ1n) is 13.1. The van der Waals surface area contributed by atoms with Crippen LogP contribution in [0.15, 0.2) is 39.1 Å². The Hall–Kier alpha value is -2.46. The van der Waals surface area contributed by atoms with Gasteiger partial charge in [0.2, 0.25) is 0 Å². The van der Waals surface area contributed by atoms with Crippen molar-refractivity contribution in [3.63, 3.8) is 0 Å². The van der Waals surface area contributed by atoms with Gasteiger partial charge in [0.05, 0.1) is 11.1 Å². The first-order valence-corrected chi connectivity index (χ1v) is 13.1. The first-order chi connectivity index (χ1) is 17.7. The Morgan fingerprint density at radius 2 is 1.81 bits per heavy atom. The number of hydrogen-bond acceptors (Lipinski definition) is 6. The van der Waals surface area contributed by atoms with Gasteiger partial charge >= 0.3 is 12.1 Å². The molecule has 37 heavy (non-hydrogen) atoms. The maximum atomic E-state index is 13.8. The predicted molar refractivity (Wildman–Crippen MR) is 133 cm³/mol. The normalized spacial score (nSPS) is 24.9. The average molecular weight is 524 g/mol. The number of aliphatic hydroxyl groups excluding tert-OH is 1. The van der Waals surface area contributed by atoms with Crippen LogP contribution in [0, 0.1) is 0 Å². The number of aliphatic hydroxyl groups is 1. The lowest BCUT2D eigenvalue weighted by atomic mass is 9.81. The standard InChI is InChI=1S/C26H32F3N3O3.CH4O/c1-17-22(25(35-24(17)34)10-13-31(14-11-25)20-5-3-2-4-6-20)23(33)32-12-9-21-18(16-32)7-8-19(15-30-21)26(27,28)29;1-2/h8,15,20H,2-7,9-14,16H2,1H3;2H,1H3. The van der Waals surface area contributed by atoms with E-state index in [1.54, 1.807) is 11.8 Å².